The van der Waals surface area contributed by atoms with Gasteiger partial charge in [0.05, 0.1) is 6.20 Å². The van der Waals surface area contributed by atoms with Crippen molar-refractivity contribution < 1.29 is 4.74 Å². The van der Waals surface area contributed by atoms with Gasteiger partial charge in [-0.15, -0.1) is 0 Å². The number of ether oxygens (including phenoxy) is 1. The van der Waals surface area contributed by atoms with Crippen molar-refractivity contribution in [1.82, 2.24) is 15.2 Å². The third-order valence-corrected chi connectivity index (χ3v) is 3.82. The van der Waals surface area contributed by atoms with Crippen molar-refractivity contribution in [2.75, 3.05) is 20.1 Å². The van der Waals surface area contributed by atoms with Gasteiger partial charge >= 0.3 is 0 Å². The molecule has 23 heavy (non-hydrogen) atoms. The number of nitrogens with zero attached hydrogens (tertiary/aromatic N) is 3. The van der Waals surface area contributed by atoms with Gasteiger partial charge in [0.15, 0.2) is 5.96 Å². The van der Waals surface area contributed by atoms with Crippen molar-refractivity contribution in [1.29, 1.82) is 0 Å². The molecule has 5 nitrogen and oxygen atoms in total. The van der Waals surface area contributed by atoms with Crippen LogP contribution in [0.4, 0.5) is 0 Å². The monoisotopic (exact) mass is 310 g/mol. The molecule has 0 spiro atoms. The van der Waals surface area contributed by atoms with Gasteiger partial charge in [-0.05, 0) is 18.1 Å². The summed E-state index contributed by atoms with van der Waals surface area (Å²) >= 11 is 0. The number of aromatic nitrogens is 1. The minimum absolute atomic E-state index is 0.542. The van der Waals surface area contributed by atoms with Gasteiger partial charge in [0.1, 0.15) is 12.4 Å². The second-order valence-corrected chi connectivity index (χ2v) is 5.59. The Bertz CT molecular complexity index is 657. The molecule has 0 atom stereocenters. The molecule has 0 saturated carbocycles. The Balaban J connectivity index is 1.62. The first-order chi connectivity index (χ1) is 11.3. The van der Waals surface area contributed by atoms with Gasteiger partial charge in [-0.3, -0.25) is 9.98 Å². The number of rotatable bonds is 5. The molecule has 0 unspecified atom stereocenters. The van der Waals surface area contributed by atoms with E-state index in [9.17, 15) is 0 Å². The van der Waals surface area contributed by atoms with E-state index < -0.39 is 0 Å². The lowest BCUT2D eigenvalue weighted by atomic mass is 10.2. The third-order valence-electron chi connectivity index (χ3n) is 3.82. The summed E-state index contributed by atoms with van der Waals surface area (Å²) in [5, 5.41) is 3.39. The van der Waals surface area contributed by atoms with Gasteiger partial charge in [0, 0.05) is 38.4 Å². The van der Waals surface area contributed by atoms with Crippen LogP contribution in [0.3, 0.4) is 0 Å². The van der Waals surface area contributed by atoms with Crippen LogP contribution < -0.4 is 10.1 Å². The summed E-state index contributed by atoms with van der Waals surface area (Å²) in [6.45, 7) is 3.15. The summed E-state index contributed by atoms with van der Waals surface area (Å²) in [6.07, 6.45) is 4.67. The van der Waals surface area contributed by atoms with E-state index in [0.29, 0.717) is 13.2 Å². The van der Waals surface area contributed by atoms with Crippen LogP contribution in [0.1, 0.15) is 17.5 Å². The molecule has 0 saturated heterocycles. The van der Waals surface area contributed by atoms with Gasteiger partial charge in [0.2, 0.25) is 0 Å². The molecular weight excluding hydrogens is 288 g/mol. The first-order valence-electron chi connectivity index (χ1n) is 7.92. The molecule has 0 bridgehead atoms. The number of hydrogen-bond acceptors (Lipinski definition) is 5. The molecule has 120 valence electrons. The molecule has 1 aliphatic rings. The molecule has 1 N–H and O–H groups in total. The van der Waals surface area contributed by atoms with E-state index in [2.05, 4.69) is 39.4 Å². The maximum Gasteiger partial charge on any atom is 0.193 e. The Labute approximate surface area is 137 Å². The fourth-order valence-corrected chi connectivity index (χ4v) is 2.50. The van der Waals surface area contributed by atoms with E-state index in [1.807, 2.05) is 24.3 Å². The van der Waals surface area contributed by atoms with Gasteiger partial charge < -0.3 is 15.0 Å². The van der Waals surface area contributed by atoms with Crippen LogP contribution in [0.15, 0.2) is 53.8 Å². The van der Waals surface area contributed by atoms with Crippen LogP contribution in [0.5, 0.6) is 5.75 Å². The van der Waals surface area contributed by atoms with E-state index >= 15 is 0 Å². The molecule has 3 rings (SSSR count). The van der Waals surface area contributed by atoms with Crippen LogP contribution >= 0.6 is 0 Å². The molecule has 0 amide bonds. The highest BCUT2D eigenvalue weighted by molar-refractivity contribution is 5.80. The number of guanidine groups is 1. The normalized spacial score (nSPS) is 14.3. The summed E-state index contributed by atoms with van der Waals surface area (Å²) in [5.74, 6) is 1.75. The first-order valence-corrected chi connectivity index (χ1v) is 7.92. The SMILES string of the molecule is CN1CCCN=C1NCc1ccncc1OCc1ccccc1. The summed E-state index contributed by atoms with van der Waals surface area (Å²) in [5.41, 5.74) is 2.23. The second kappa shape index (κ2) is 7.63. The van der Waals surface area contributed by atoms with Crippen molar-refractivity contribution >= 4 is 5.96 Å². The van der Waals surface area contributed by atoms with Crippen molar-refractivity contribution in [3.05, 3.63) is 59.9 Å². The number of pyridine rings is 1. The summed E-state index contributed by atoms with van der Waals surface area (Å²) in [4.78, 5) is 10.8. The molecule has 0 radical (unpaired) electrons. The average molecular weight is 310 g/mol. The number of benzene rings is 1. The van der Waals surface area contributed by atoms with Crippen molar-refractivity contribution in [3.63, 3.8) is 0 Å². The van der Waals surface area contributed by atoms with E-state index in [1.165, 1.54) is 0 Å². The summed E-state index contributed by atoms with van der Waals surface area (Å²) < 4.78 is 5.93. The largest absolute Gasteiger partial charge is 0.487 e. The third kappa shape index (κ3) is 4.22. The molecule has 2 aromatic rings. The highest BCUT2D eigenvalue weighted by Gasteiger charge is 2.11. The zero-order chi connectivity index (χ0) is 15.9. The fourth-order valence-electron chi connectivity index (χ4n) is 2.50. The van der Waals surface area contributed by atoms with Crippen molar-refractivity contribution in [3.8, 4) is 5.75 Å². The predicted octanol–water partition coefficient (Wildman–Crippen LogP) is 2.44. The zero-order valence-electron chi connectivity index (χ0n) is 13.4. The highest BCUT2D eigenvalue weighted by Crippen LogP contribution is 2.18. The summed E-state index contributed by atoms with van der Waals surface area (Å²) in [6, 6.07) is 12.1. The number of aliphatic imine (C=N–C) groups is 1. The molecule has 1 aliphatic heterocycles. The van der Waals surface area contributed by atoms with E-state index in [-0.39, 0.29) is 0 Å². The van der Waals surface area contributed by atoms with Crippen LogP contribution in [0, 0.1) is 0 Å². The molecular formula is C18H22N4O. The number of hydrogen-bond donors (Lipinski definition) is 1. The lowest BCUT2D eigenvalue weighted by molar-refractivity contribution is 0.301. The molecule has 0 fully saturated rings. The fraction of sp³-hybridized carbons (Fsp3) is 0.333. The van der Waals surface area contributed by atoms with Crippen LogP contribution in [0.25, 0.3) is 0 Å². The van der Waals surface area contributed by atoms with E-state index in [1.54, 1.807) is 12.4 Å². The minimum Gasteiger partial charge on any atom is -0.487 e. The lowest BCUT2D eigenvalue weighted by Crippen LogP contribution is -2.41. The van der Waals surface area contributed by atoms with Crippen molar-refractivity contribution in [2.24, 2.45) is 4.99 Å². The van der Waals surface area contributed by atoms with Gasteiger partial charge in [0.25, 0.3) is 0 Å². The maximum atomic E-state index is 5.93. The van der Waals surface area contributed by atoms with E-state index in [4.69, 9.17) is 4.74 Å². The molecule has 5 heteroatoms. The molecule has 0 aliphatic carbocycles. The van der Waals surface area contributed by atoms with Crippen LogP contribution in [0.2, 0.25) is 0 Å². The Kier molecular flexibility index (Phi) is 5.09. The Morgan fingerprint density at radius 3 is 2.91 bits per heavy atom. The molecule has 1 aromatic carbocycles. The Morgan fingerprint density at radius 2 is 2.09 bits per heavy atom. The maximum absolute atomic E-state index is 5.93. The zero-order valence-corrected chi connectivity index (χ0v) is 13.4. The van der Waals surface area contributed by atoms with Crippen LogP contribution in [-0.2, 0) is 13.2 Å². The highest BCUT2D eigenvalue weighted by atomic mass is 16.5. The van der Waals surface area contributed by atoms with Gasteiger partial charge in [-0.25, -0.2) is 0 Å². The lowest BCUT2D eigenvalue weighted by Gasteiger charge is -2.25. The first kappa shape index (κ1) is 15.3. The topological polar surface area (TPSA) is 49.8 Å². The average Bonchev–Trinajstić information content (AvgIpc) is 2.61. The van der Waals surface area contributed by atoms with Gasteiger partial charge in [-0.1, -0.05) is 30.3 Å². The predicted molar refractivity (Wildman–Crippen MR) is 91.4 cm³/mol. The number of nitrogens with one attached hydrogen (secondary N) is 1. The standard InChI is InChI=1S/C18H22N4O/c1-22-11-5-9-20-18(22)21-12-16-8-10-19-13-17(16)23-14-15-6-3-2-4-7-15/h2-4,6-8,10,13H,5,9,11-12,14H2,1H3,(H,20,21). The van der Waals surface area contributed by atoms with Crippen LogP contribution in [-0.4, -0.2) is 36.0 Å². The minimum atomic E-state index is 0.542. The quantitative estimate of drug-likeness (QED) is 0.921. The Morgan fingerprint density at radius 1 is 1.22 bits per heavy atom. The van der Waals surface area contributed by atoms with Crippen molar-refractivity contribution in [2.45, 2.75) is 19.6 Å². The molecule has 1 aromatic heterocycles. The smallest absolute Gasteiger partial charge is 0.193 e. The second-order valence-electron chi connectivity index (χ2n) is 5.59. The Hall–Kier alpha value is -2.56. The van der Waals surface area contributed by atoms with E-state index in [0.717, 1.165) is 42.3 Å². The molecule has 2 heterocycles. The van der Waals surface area contributed by atoms with Gasteiger partial charge in [-0.2, -0.15) is 0 Å². The summed E-state index contributed by atoms with van der Waals surface area (Å²) in [7, 11) is 2.06.